The summed E-state index contributed by atoms with van der Waals surface area (Å²) in [5, 5.41) is 10.9. The Labute approximate surface area is 132 Å². The maximum absolute atomic E-state index is 10.9. The molecule has 0 radical (unpaired) electrons. The van der Waals surface area contributed by atoms with E-state index in [2.05, 4.69) is 25.7 Å². The van der Waals surface area contributed by atoms with Gasteiger partial charge in [-0.3, -0.25) is 4.90 Å². The van der Waals surface area contributed by atoms with E-state index in [1.807, 2.05) is 0 Å². The molecule has 0 amide bonds. The quantitative estimate of drug-likeness (QED) is 0.800. The first-order valence-electron chi connectivity index (χ1n) is 9.40. The van der Waals surface area contributed by atoms with Crippen molar-refractivity contribution in [3.05, 3.63) is 0 Å². The maximum Gasteiger partial charge on any atom is 0.0700 e. The van der Waals surface area contributed by atoms with Crippen LogP contribution in [0.2, 0.25) is 0 Å². The largest absolute Gasteiger partial charge is 0.391 e. The van der Waals surface area contributed by atoms with Crippen LogP contribution in [0.25, 0.3) is 0 Å². The Morgan fingerprint density at radius 3 is 2.10 bits per heavy atom. The highest BCUT2D eigenvalue weighted by atomic mass is 16.3. The molecule has 21 heavy (non-hydrogen) atoms. The highest BCUT2D eigenvalue weighted by Gasteiger charge is 2.36. The van der Waals surface area contributed by atoms with Crippen LogP contribution in [0.1, 0.15) is 85.0 Å². The first-order valence-corrected chi connectivity index (χ1v) is 9.40. The smallest absolute Gasteiger partial charge is 0.0700 e. The number of hydrogen-bond acceptors (Lipinski definition) is 2. The van der Waals surface area contributed by atoms with Gasteiger partial charge in [0.2, 0.25) is 0 Å². The average Bonchev–Trinajstić information content (AvgIpc) is 2.46. The van der Waals surface area contributed by atoms with Crippen molar-refractivity contribution >= 4 is 0 Å². The van der Waals surface area contributed by atoms with E-state index in [-0.39, 0.29) is 11.5 Å². The monoisotopic (exact) mass is 295 g/mol. The van der Waals surface area contributed by atoms with Gasteiger partial charge in [-0.05, 0) is 50.1 Å². The number of rotatable bonds is 5. The van der Waals surface area contributed by atoms with Gasteiger partial charge in [-0.15, -0.1) is 0 Å². The van der Waals surface area contributed by atoms with Gasteiger partial charge in [0.05, 0.1) is 6.10 Å². The normalized spacial score (nSPS) is 25.7. The minimum Gasteiger partial charge on any atom is -0.391 e. The van der Waals surface area contributed by atoms with Crippen LogP contribution in [-0.2, 0) is 0 Å². The van der Waals surface area contributed by atoms with E-state index in [4.69, 9.17) is 0 Å². The molecule has 0 aromatic rings. The second-order valence-corrected chi connectivity index (χ2v) is 8.56. The molecule has 2 nitrogen and oxygen atoms in total. The highest BCUT2D eigenvalue weighted by Crippen LogP contribution is 2.33. The second-order valence-electron chi connectivity index (χ2n) is 8.56. The van der Waals surface area contributed by atoms with Crippen molar-refractivity contribution in [2.75, 3.05) is 13.1 Å². The number of piperidine rings is 1. The third-order valence-electron chi connectivity index (χ3n) is 5.63. The summed E-state index contributed by atoms with van der Waals surface area (Å²) in [7, 11) is 0. The van der Waals surface area contributed by atoms with Crippen LogP contribution < -0.4 is 0 Å². The van der Waals surface area contributed by atoms with Crippen molar-refractivity contribution in [2.45, 2.75) is 97.1 Å². The van der Waals surface area contributed by atoms with E-state index in [1.165, 1.54) is 70.9 Å². The predicted molar refractivity (Wildman–Crippen MR) is 90.5 cm³/mol. The van der Waals surface area contributed by atoms with Crippen LogP contribution in [0.5, 0.6) is 0 Å². The Balaban J connectivity index is 1.88. The Morgan fingerprint density at radius 2 is 1.52 bits per heavy atom. The molecular formula is C19H37NO. The van der Waals surface area contributed by atoms with E-state index < -0.39 is 0 Å². The SMILES string of the molecule is CC(C)(C)C(C(O)CCC1CCCCC1)N1CCCCC1. The molecule has 1 aliphatic heterocycles. The fourth-order valence-electron chi connectivity index (χ4n) is 4.60. The number of likely N-dealkylation sites (tertiary alicyclic amines) is 1. The lowest BCUT2D eigenvalue weighted by atomic mass is 9.78. The number of nitrogens with zero attached hydrogens (tertiary/aromatic N) is 1. The van der Waals surface area contributed by atoms with Crippen molar-refractivity contribution in [3.63, 3.8) is 0 Å². The highest BCUT2D eigenvalue weighted by molar-refractivity contribution is 4.90. The van der Waals surface area contributed by atoms with Crippen LogP contribution >= 0.6 is 0 Å². The van der Waals surface area contributed by atoms with Crippen molar-refractivity contribution in [1.29, 1.82) is 0 Å². The summed E-state index contributed by atoms with van der Waals surface area (Å²) in [6.45, 7) is 9.27. The first-order chi connectivity index (χ1) is 9.98. The number of aliphatic hydroxyl groups is 1. The lowest BCUT2D eigenvalue weighted by molar-refractivity contribution is -0.0250. The van der Waals surface area contributed by atoms with Gasteiger partial charge in [-0.2, -0.15) is 0 Å². The van der Waals surface area contributed by atoms with Gasteiger partial charge in [0.15, 0.2) is 0 Å². The van der Waals surface area contributed by atoms with Crippen LogP contribution in [0.15, 0.2) is 0 Å². The van der Waals surface area contributed by atoms with Gasteiger partial charge in [-0.1, -0.05) is 59.3 Å². The molecule has 2 heteroatoms. The summed E-state index contributed by atoms with van der Waals surface area (Å²) in [6, 6.07) is 0.335. The zero-order valence-electron chi connectivity index (χ0n) is 14.6. The topological polar surface area (TPSA) is 23.5 Å². The van der Waals surface area contributed by atoms with Gasteiger partial charge in [-0.25, -0.2) is 0 Å². The zero-order chi connectivity index (χ0) is 15.3. The predicted octanol–water partition coefficient (Wildman–Crippen LogP) is 4.61. The van der Waals surface area contributed by atoms with E-state index >= 15 is 0 Å². The van der Waals surface area contributed by atoms with Crippen LogP contribution in [0.3, 0.4) is 0 Å². The van der Waals surface area contributed by atoms with E-state index in [1.54, 1.807) is 0 Å². The summed E-state index contributed by atoms with van der Waals surface area (Å²) in [6.07, 6.45) is 13.1. The molecule has 0 bridgehead atoms. The second kappa shape index (κ2) is 7.97. The van der Waals surface area contributed by atoms with E-state index in [0.29, 0.717) is 6.04 Å². The van der Waals surface area contributed by atoms with Gasteiger partial charge < -0.3 is 5.11 Å². The van der Waals surface area contributed by atoms with Gasteiger partial charge in [0, 0.05) is 6.04 Å². The third kappa shape index (κ3) is 5.25. The molecule has 2 atom stereocenters. The van der Waals surface area contributed by atoms with Crippen molar-refractivity contribution in [1.82, 2.24) is 4.90 Å². The molecule has 2 fully saturated rings. The van der Waals surface area contributed by atoms with Crippen LogP contribution in [0.4, 0.5) is 0 Å². The van der Waals surface area contributed by atoms with Crippen LogP contribution in [-0.4, -0.2) is 35.2 Å². The molecule has 0 aromatic carbocycles. The van der Waals surface area contributed by atoms with Gasteiger partial charge >= 0.3 is 0 Å². The molecule has 1 aliphatic carbocycles. The summed E-state index contributed by atoms with van der Waals surface area (Å²) in [4.78, 5) is 2.58. The molecule has 124 valence electrons. The lowest BCUT2D eigenvalue weighted by Gasteiger charge is -2.45. The fourth-order valence-corrected chi connectivity index (χ4v) is 4.60. The van der Waals surface area contributed by atoms with Crippen LogP contribution in [0, 0.1) is 11.3 Å². The number of aliphatic hydroxyl groups excluding tert-OH is 1. The van der Waals surface area contributed by atoms with Crippen molar-refractivity contribution in [2.24, 2.45) is 11.3 Å². The molecule has 2 unspecified atom stereocenters. The molecule has 2 aliphatic rings. The summed E-state index contributed by atoms with van der Waals surface area (Å²) >= 11 is 0. The average molecular weight is 296 g/mol. The maximum atomic E-state index is 10.9. The molecule has 1 saturated carbocycles. The summed E-state index contributed by atoms with van der Waals surface area (Å²) < 4.78 is 0. The van der Waals surface area contributed by atoms with Crippen molar-refractivity contribution in [3.8, 4) is 0 Å². The first kappa shape index (κ1) is 17.3. The Bertz CT molecular complexity index is 284. The lowest BCUT2D eigenvalue weighted by Crippen LogP contribution is -2.53. The van der Waals surface area contributed by atoms with E-state index in [9.17, 15) is 5.11 Å². The Morgan fingerprint density at radius 1 is 0.952 bits per heavy atom. The van der Waals surface area contributed by atoms with Gasteiger partial charge in [0.25, 0.3) is 0 Å². The molecule has 1 heterocycles. The standard InChI is InChI=1S/C19H37NO/c1-19(2,3)18(20-14-8-5-9-15-20)17(21)13-12-16-10-6-4-7-11-16/h16-18,21H,4-15H2,1-3H3. The summed E-state index contributed by atoms with van der Waals surface area (Å²) in [5.41, 5.74) is 0.170. The van der Waals surface area contributed by atoms with Gasteiger partial charge in [0.1, 0.15) is 0 Å². The molecule has 0 aromatic heterocycles. The van der Waals surface area contributed by atoms with E-state index in [0.717, 1.165) is 12.3 Å². The molecule has 0 spiro atoms. The third-order valence-corrected chi connectivity index (χ3v) is 5.63. The Hall–Kier alpha value is -0.0800. The minimum absolute atomic E-state index is 0.148. The molecule has 1 N–H and O–H groups in total. The summed E-state index contributed by atoms with van der Waals surface area (Å²) in [5.74, 6) is 0.885. The van der Waals surface area contributed by atoms with Crippen molar-refractivity contribution < 1.29 is 5.11 Å². The zero-order valence-corrected chi connectivity index (χ0v) is 14.6. The Kier molecular flexibility index (Phi) is 6.55. The minimum atomic E-state index is -0.148. The number of hydrogen-bond donors (Lipinski definition) is 1. The molecule has 1 saturated heterocycles. The molecular weight excluding hydrogens is 258 g/mol. The fraction of sp³-hybridized carbons (Fsp3) is 1.00. The molecule has 2 rings (SSSR count).